The van der Waals surface area contributed by atoms with E-state index in [-0.39, 0.29) is 28.7 Å². The van der Waals surface area contributed by atoms with E-state index in [1.165, 1.54) is 12.3 Å². The van der Waals surface area contributed by atoms with Crippen LogP contribution in [0.2, 0.25) is 0 Å². The number of hydrogen-bond acceptors (Lipinski definition) is 9. The number of ether oxygens (including phenoxy) is 1. The van der Waals surface area contributed by atoms with Crippen molar-refractivity contribution >= 4 is 21.2 Å². The number of aryl methyl sites for hydroxylation is 1. The summed E-state index contributed by atoms with van der Waals surface area (Å²) in [7, 11) is -4.34. The van der Waals surface area contributed by atoms with Crippen LogP contribution >= 0.6 is 0 Å². The van der Waals surface area contributed by atoms with E-state index in [2.05, 4.69) is 30.1 Å². The van der Waals surface area contributed by atoms with Gasteiger partial charge in [-0.1, -0.05) is 0 Å². The Hall–Kier alpha value is -2.68. The predicted molar refractivity (Wildman–Crippen MR) is 117 cm³/mol. The molecule has 5 rings (SSSR count). The third-order valence-corrected chi connectivity index (χ3v) is 7.51. The minimum absolute atomic E-state index is 0.115. The summed E-state index contributed by atoms with van der Waals surface area (Å²) in [5.74, 6) is 0.691. The zero-order valence-electron chi connectivity index (χ0n) is 18.8. The van der Waals surface area contributed by atoms with Crippen LogP contribution in [0.1, 0.15) is 19.7 Å². The minimum atomic E-state index is -4.34. The number of fused-ring (bicyclic) bond motifs is 1. The lowest BCUT2D eigenvalue weighted by atomic mass is 10.0. The number of halogens is 2. The second kappa shape index (κ2) is 8.22. The van der Waals surface area contributed by atoms with Gasteiger partial charge in [-0.05, 0) is 19.9 Å². The van der Waals surface area contributed by atoms with Gasteiger partial charge < -0.3 is 19.4 Å². The molecule has 2 fully saturated rings. The molecule has 2 aliphatic rings. The molecule has 0 amide bonds. The van der Waals surface area contributed by atoms with Crippen molar-refractivity contribution < 1.29 is 26.4 Å². The number of nitrogens with zero attached hydrogens (tertiary/aromatic N) is 5. The molecule has 0 bridgehead atoms. The van der Waals surface area contributed by atoms with Crippen LogP contribution in [0, 0.1) is 6.92 Å². The van der Waals surface area contributed by atoms with Crippen molar-refractivity contribution in [3.63, 3.8) is 0 Å². The van der Waals surface area contributed by atoms with Gasteiger partial charge in [-0.15, -0.1) is 10.2 Å². The molecule has 5 heterocycles. The third-order valence-electron chi connectivity index (χ3n) is 6.00. The van der Waals surface area contributed by atoms with Crippen LogP contribution in [0.5, 0.6) is 0 Å². The molecule has 2 atom stereocenters. The monoisotopic (exact) mass is 497 g/mol. The smallest absolute Gasteiger partial charge is 0.284 e. The third kappa shape index (κ3) is 3.93. The molecule has 0 aromatic carbocycles. The molecule has 2 saturated heterocycles. The standard InChI is InChI=1S/C20H25F2N7O4S/c1-11-6-28(7-12(2)24-11)15-4-14(34(30,31)27-20(19(21)22)9-32-10-20)8-29-16(15)5-23-17(29)18-26-25-13(3)33-18/h4-5,8,11-12,19,24,27H,6-7,9-10H2,1-3H3/t11-,12-/m0/s1. The summed E-state index contributed by atoms with van der Waals surface area (Å²) in [6.45, 7) is 6.14. The van der Waals surface area contributed by atoms with E-state index in [1.54, 1.807) is 17.5 Å². The van der Waals surface area contributed by atoms with E-state index < -0.39 is 35.2 Å². The zero-order valence-corrected chi connectivity index (χ0v) is 19.6. The van der Waals surface area contributed by atoms with Crippen LogP contribution in [0.3, 0.4) is 0 Å². The zero-order chi connectivity index (χ0) is 24.3. The first-order chi connectivity index (χ1) is 16.1. The Bertz CT molecular complexity index is 1310. The van der Waals surface area contributed by atoms with Gasteiger partial charge in [0, 0.05) is 38.3 Å². The normalized spacial score (nSPS) is 22.9. The highest BCUT2D eigenvalue weighted by molar-refractivity contribution is 7.89. The molecule has 184 valence electrons. The van der Waals surface area contributed by atoms with Crippen LogP contribution in [-0.4, -0.2) is 78.4 Å². The van der Waals surface area contributed by atoms with Crippen molar-refractivity contribution in [2.75, 3.05) is 31.2 Å². The van der Waals surface area contributed by atoms with Crippen LogP contribution in [0.15, 0.2) is 27.8 Å². The molecule has 3 aromatic heterocycles. The summed E-state index contributed by atoms with van der Waals surface area (Å²) >= 11 is 0. The Morgan fingerprint density at radius 2 is 1.94 bits per heavy atom. The average Bonchev–Trinajstić information content (AvgIpc) is 3.35. The maximum absolute atomic E-state index is 13.7. The number of piperazine rings is 1. The maximum atomic E-state index is 13.7. The highest BCUT2D eigenvalue weighted by Crippen LogP contribution is 2.33. The van der Waals surface area contributed by atoms with E-state index in [1.807, 2.05) is 13.8 Å². The summed E-state index contributed by atoms with van der Waals surface area (Å²) in [6, 6.07) is 1.79. The summed E-state index contributed by atoms with van der Waals surface area (Å²) in [6.07, 6.45) is 0.0158. The Morgan fingerprint density at radius 3 is 2.50 bits per heavy atom. The summed E-state index contributed by atoms with van der Waals surface area (Å²) in [5, 5.41) is 11.3. The van der Waals surface area contributed by atoms with Gasteiger partial charge in [-0.3, -0.25) is 4.40 Å². The first-order valence-corrected chi connectivity index (χ1v) is 12.3. The van der Waals surface area contributed by atoms with Crippen molar-refractivity contribution in [1.82, 2.24) is 29.6 Å². The Morgan fingerprint density at radius 1 is 1.24 bits per heavy atom. The molecule has 0 spiro atoms. The first-order valence-electron chi connectivity index (χ1n) is 10.8. The number of imidazole rings is 1. The second-order valence-corrected chi connectivity index (χ2v) is 10.6. The SMILES string of the molecule is Cc1nnc(-c2ncc3c(N4C[C@H](C)N[C@@H](C)C4)cc(S(=O)(=O)NC4(C(F)F)COC4)cn23)o1. The van der Waals surface area contributed by atoms with Crippen molar-refractivity contribution in [1.29, 1.82) is 0 Å². The number of aromatic nitrogens is 4. The fraction of sp³-hybridized carbons (Fsp3) is 0.550. The van der Waals surface area contributed by atoms with Crippen LogP contribution in [0.25, 0.3) is 17.2 Å². The maximum Gasteiger partial charge on any atom is 0.284 e. The summed E-state index contributed by atoms with van der Waals surface area (Å²) < 4.78 is 68.1. The van der Waals surface area contributed by atoms with Crippen molar-refractivity contribution in [2.24, 2.45) is 0 Å². The fourth-order valence-electron chi connectivity index (χ4n) is 4.40. The van der Waals surface area contributed by atoms with Crippen LogP contribution < -0.4 is 14.9 Å². The molecule has 0 radical (unpaired) electrons. The molecular weight excluding hydrogens is 472 g/mol. The molecule has 0 saturated carbocycles. The molecule has 11 nitrogen and oxygen atoms in total. The number of alkyl halides is 2. The summed E-state index contributed by atoms with van der Waals surface area (Å²) in [5.41, 5.74) is -0.719. The molecule has 2 aliphatic heterocycles. The Labute approximate surface area is 194 Å². The Kier molecular flexibility index (Phi) is 5.58. The van der Waals surface area contributed by atoms with Crippen LogP contribution in [-0.2, 0) is 14.8 Å². The number of hydrogen-bond donors (Lipinski definition) is 2. The van der Waals surface area contributed by atoms with Gasteiger partial charge >= 0.3 is 0 Å². The van der Waals surface area contributed by atoms with E-state index >= 15 is 0 Å². The molecule has 2 N–H and O–H groups in total. The lowest BCUT2D eigenvalue weighted by Crippen LogP contribution is -2.66. The number of nitrogens with one attached hydrogen (secondary N) is 2. The first kappa shape index (κ1) is 23.1. The highest BCUT2D eigenvalue weighted by atomic mass is 32.2. The summed E-state index contributed by atoms with van der Waals surface area (Å²) in [4.78, 5) is 6.27. The number of pyridine rings is 1. The van der Waals surface area contributed by atoms with E-state index in [0.29, 0.717) is 30.2 Å². The van der Waals surface area contributed by atoms with Gasteiger partial charge in [0.05, 0.1) is 30.6 Å². The quantitative estimate of drug-likeness (QED) is 0.516. The largest absolute Gasteiger partial charge is 0.419 e. The molecule has 3 aromatic rings. The van der Waals surface area contributed by atoms with E-state index in [0.717, 1.165) is 0 Å². The molecule has 14 heteroatoms. The minimum Gasteiger partial charge on any atom is -0.419 e. The van der Waals surface area contributed by atoms with Gasteiger partial charge in [0.15, 0.2) is 0 Å². The predicted octanol–water partition coefficient (Wildman–Crippen LogP) is 1.19. The second-order valence-electron chi connectivity index (χ2n) is 8.95. The van der Waals surface area contributed by atoms with Gasteiger partial charge in [0.2, 0.25) is 21.7 Å². The fourth-order valence-corrected chi connectivity index (χ4v) is 5.77. The number of sulfonamides is 1. The van der Waals surface area contributed by atoms with Gasteiger partial charge in [0.1, 0.15) is 10.4 Å². The van der Waals surface area contributed by atoms with Gasteiger partial charge in [0.25, 0.3) is 12.3 Å². The Balaban J connectivity index is 1.66. The van der Waals surface area contributed by atoms with Crippen molar-refractivity contribution in [3.05, 3.63) is 24.4 Å². The lowest BCUT2D eigenvalue weighted by Gasteiger charge is -2.40. The van der Waals surface area contributed by atoms with Gasteiger partial charge in [-0.25, -0.2) is 22.2 Å². The van der Waals surface area contributed by atoms with Crippen molar-refractivity contribution in [3.8, 4) is 11.7 Å². The number of rotatable bonds is 6. The molecule has 0 unspecified atom stereocenters. The average molecular weight is 498 g/mol. The molecule has 0 aliphatic carbocycles. The van der Waals surface area contributed by atoms with Crippen LogP contribution in [0.4, 0.5) is 14.5 Å². The number of anilines is 1. The molecule has 34 heavy (non-hydrogen) atoms. The lowest BCUT2D eigenvalue weighted by molar-refractivity contribution is -0.134. The topological polar surface area (TPSA) is 127 Å². The molecular formula is C20H25F2N7O4S. The highest BCUT2D eigenvalue weighted by Gasteiger charge is 2.50. The van der Waals surface area contributed by atoms with Gasteiger partial charge in [-0.2, -0.15) is 4.72 Å². The van der Waals surface area contributed by atoms with E-state index in [9.17, 15) is 17.2 Å². The van der Waals surface area contributed by atoms with E-state index in [4.69, 9.17) is 9.15 Å². The van der Waals surface area contributed by atoms with Crippen molar-refractivity contribution in [2.45, 2.75) is 49.7 Å².